The first-order chi connectivity index (χ1) is 7.68. The van der Waals surface area contributed by atoms with Crippen LogP contribution in [-0.4, -0.2) is 17.7 Å². The molecule has 1 unspecified atom stereocenters. The van der Waals surface area contributed by atoms with Crippen molar-refractivity contribution in [1.82, 2.24) is 0 Å². The fourth-order valence-electron chi connectivity index (χ4n) is 1.58. The van der Waals surface area contributed by atoms with Crippen molar-refractivity contribution in [1.29, 1.82) is 0 Å². The lowest BCUT2D eigenvalue weighted by Gasteiger charge is -2.18. The van der Waals surface area contributed by atoms with Crippen molar-refractivity contribution >= 4 is 17.6 Å². The van der Waals surface area contributed by atoms with E-state index in [2.05, 4.69) is 0 Å². The van der Waals surface area contributed by atoms with E-state index in [0.29, 0.717) is 29.2 Å². The van der Waals surface area contributed by atoms with Gasteiger partial charge in [-0.15, -0.1) is 0 Å². The molecule has 1 aliphatic rings. The Bertz CT molecular complexity index is 422. The summed E-state index contributed by atoms with van der Waals surface area (Å²) in [6.45, 7) is 0.385. The topological polar surface area (TPSA) is 46.5 Å². The van der Waals surface area contributed by atoms with Crippen molar-refractivity contribution in [3.8, 4) is 0 Å². The second-order valence-electron chi connectivity index (χ2n) is 3.54. The Labute approximate surface area is 98.3 Å². The van der Waals surface area contributed by atoms with E-state index in [1.165, 1.54) is 0 Å². The number of aliphatic hydroxyl groups excluding tert-OH is 1. The molecule has 1 N–H and O–H groups in total. The van der Waals surface area contributed by atoms with Crippen LogP contribution in [0, 0.1) is 0 Å². The number of ether oxygens (including phenoxy) is 1. The second kappa shape index (κ2) is 4.68. The van der Waals surface area contributed by atoms with E-state index in [0.717, 1.165) is 0 Å². The maximum atomic E-state index is 11.4. The predicted molar refractivity (Wildman–Crippen MR) is 60.1 cm³/mol. The van der Waals surface area contributed by atoms with Gasteiger partial charge in [-0.2, -0.15) is 0 Å². The summed E-state index contributed by atoms with van der Waals surface area (Å²) in [5.41, 5.74) is 0.933. The van der Waals surface area contributed by atoms with E-state index >= 15 is 0 Å². The standard InChI is InChI=1S/C12H11ClO3/c13-9-5-3-8(4-6-9)11(14)10-2-1-7-16-12(10)15/h2-6,11,14H,1,7H2. The zero-order valence-electron chi connectivity index (χ0n) is 8.52. The number of aliphatic hydroxyl groups is 1. The van der Waals surface area contributed by atoms with Gasteiger partial charge in [-0.1, -0.05) is 29.8 Å². The number of esters is 1. The minimum atomic E-state index is -0.940. The summed E-state index contributed by atoms with van der Waals surface area (Å²) >= 11 is 5.74. The van der Waals surface area contributed by atoms with Gasteiger partial charge in [0.05, 0.1) is 12.2 Å². The molecule has 0 aliphatic carbocycles. The van der Waals surface area contributed by atoms with Crippen LogP contribution in [0.1, 0.15) is 18.1 Å². The van der Waals surface area contributed by atoms with Crippen LogP contribution in [0.15, 0.2) is 35.9 Å². The van der Waals surface area contributed by atoms with Crippen LogP contribution in [0.2, 0.25) is 5.02 Å². The van der Waals surface area contributed by atoms with Gasteiger partial charge in [0.15, 0.2) is 0 Å². The molecule has 1 atom stereocenters. The SMILES string of the molecule is O=C1OCCC=C1C(O)c1ccc(Cl)cc1. The molecular formula is C12H11ClO3. The molecular weight excluding hydrogens is 228 g/mol. The number of benzene rings is 1. The number of halogens is 1. The van der Waals surface area contributed by atoms with Gasteiger partial charge < -0.3 is 9.84 Å². The highest BCUT2D eigenvalue weighted by molar-refractivity contribution is 6.30. The second-order valence-corrected chi connectivity index (χ2v) is 3.97. The van der Waals surface area contributed by atoms with Gasteiger partial charge in [-0.05, 0) is 17.7 Å². The summed E-state index contributed by atoms with van der Waals surface area (Å²) in [5, 5.41) is 10.6. The zero-order valence-corrected chi connectivity index (χ0v) is 9.28. The smallest absolute Gasteiger partial charge is 0.336 e. The Balaban J connectivity index is 2.24. The van der Waals surface area contributed by atoms with Crippen molar-refractivity contribution in [2.45, 2.75) is 12.5 Å². The highest BCUT2D eigenvalue weighted by Crippen LogP contribution is 2.26. The number of carbonyl (C=O) groups is 1. The van der Waals surface area contributed by atoms with Crippen LogP contribution in [0.25, 0.3) is 0 Å². The third-order valence-electron chi connectivity index (χ3n) is 2.43. The van der Waals surface area contributed by atoms with Gasteiger partial charge in [0.2, 0.25) is 0 Å². The molecule has 0 saturated carbocycles. The first-order valence-electron chi connectivity index (χ1n) is 4.99. The lowest BCUT2D eigenvalue weighted by atomic mass is 10.00. The molecule has 0 spiro atoms. The molecule has 3 nitrogen and oxygen atoms in total. The average Bonchev–Trinajstić information content (AvgIpc) is 2.30. The summed E-state index contributed by atoms with van der Waals surface area (Å²) in [4.78, 5) is 11.4. The largest absolute Gasteiger partial charge is 0.462 e. The molecule has 0 radical (unpaired) electrons. The van der Waals surface area contributed by atoms with Crippen LogP contribution in [0.4, 0.5) is 0 Å². The molecule has 0 aromatic heterocycles. The van der Waals surface area contributed by atoms with E-state index in [-0.39, 0.29) is 0 Å². The number of carbonyl (C=O) groups excluding carboxylic acids is 1. The summed E-state index contributed by atoms with van der Waals surface area (Å²) in [6, 6.07) is 6.73. The molecule has 1 aromatic rings. The highest BCUT2D eigenvalue weighted by Gasteiger charge is 2.23. The molecule has 0 fully saturated rings. The summed E-state index contributed by atoms with van der Waals surface area (Å²) in [7, 11) is 0. The summed E-state index contributed by atoms with van der Waals surface area (Å²) < 4.78 is 4.86. The van der Waals surface area contributed by atoms with Gasteiger partial charge in [-0.25, -0.2) is 4.79 Å². The number of hydrogen-bond donors (Lipinski definition) is 1. The minimum Gasteiger partial charge on any atom is -0.462 e. The first kappa shape index (κ1) is 11.2. The van der Waals surface area contributed by atoms with Gasteiger partial charge in [0, 0.05) is 11.4 Å². The highest BCUT2D eigenvalue weighted by atomic mass is 35.5. The summed E-state index contributed by atoms with van der Waals surface area (Å²) in [6.07, 6.45) is 1.42. The van der Waals surface area contributed by atoms with Crippen molar-refractivity contribution in [2.24, 2.45) is 0 Å². The van der Waals surface area contributed by atoms with Gasteiger partial charge in [-0.3, -0.25) is 0 Å². The van der Waals surface area contributed by atoms with Crippen LogP contribution in [-0.2, 0) is 9.53 Å². The van der Waals surface area contributed by atoms with Crippen molar-refractivity contribution in [3.05, 3.63) is 46.5 Å². The van der Waals surface area contributed by atoms with Crippen molar-refractivity contribution < 1.29 is 14.6 Å². The summed E-state index contributed by atoms with van der Waals surface area (Å²) in [5.74, 6) is -0.450. The molecule has 4 heteroatoms. The monoisotopic (exact) mass is 238 g/mol. The molecule has 84 valence electrons. The molecule has 1 aromatic carbocycles. The fourth-order valence-corrected chi connectivity index (χ4v) is 1.71. The third-order valence-corrected chi connectivity index (χ3v) is 2.68. The minimum absolute atomic E-state index is 0.300. The third kappa shape index (κ3) is 2.26. The van der Waals surface area contributed by atoms with Crippen molar-refractivity contribution in [2.75, 3.05) is 6.61 Å². The van der Waals surface area contributed by atoms with E-state index in [1.54, 1.807) is 30.3 Å². The molecule has 16 heavy (non-hydrogen) atoms. The maximum Gasteiger partial charge on any atom is 0.336 e. The fraction of sp³-hybridized carbons (Fsp3) is 0.250. The van der Waals surface area contributed by atoms with Crippen LogP contribution >= 0.6 is 11.6 Å². The molecule has 1 heterocycles. The average molecular weight is 239 g/mol. The molecule has 2 rings (SSSR count). The van der Waals surface area contributed by atoms with Crippen LogP contribution < -0.4 is 0 Å². The Morgan fingerprint density at radius 3 is 2.62 bits per heavy atom. The lowest BCUT2D eigenvalue weighted by Crippen LogP contribution is -2.19. The quantitative estimate of drug-likeness (QED) is 0.804. The van der Waals surface area contributed by atoms with E-state index in [4.69, 9.17) is 16.3 Å². The van der Waals surface area contributed by atoms with E-state index < -0.39 is 12.1 Å². The molecule has 0 bridgehead atoms. The lowest BCUT2D eigenvalue weighted by molar-refractivity contribution is -0.141. The van der Waals surface area contributed by atoms with Gasteiger partial charge >= 0.3 is 5.97 Å². The molecule has 0 saturated heterocycles. The first-order valence-corrected chi connectivity index (χ1v) is 5.37. The van der Waals surface area contributed by atoms with Crippen molar-refractivity contribution in [3.63, 3.8) is 0 Å². The normalized spacial score (nSPS) is 17.6. The predicted octanol–water partition coefficient (Wildman–Crippen LogP) is 2.25. The number of cyclic esters (lactones) is 1. The maximum absolute atomic E-state index is 11.4. The number of rotatable bonds is 2. The van der Waals surface area contributed by atoms with E-state index in [9.17, 15) is 9.90 Å². The Kier molecular flexibility index (Phi) is 3.27. The van der Waals surface area contributed by atoms with Crippen LogP contribution in [0.5, 0.6) is 0 Å². The van der Waals surface area contributed by atoms with Gasteiger partial charge in [0.25, 0.3) is 0 Å². The molecule has 1 aliphatic heterocycles. The zero-order chi connectivity index (χ0) is 11.5. The van der Waals surface area contributed by atoms with Gasteiger partial charge in [0.1, 0.15) is 6.10 Å². The Morgan fingerprint density at radius 2 is 2.00 bits per heavy atom. The Hall–Kier alpha value is -1.32. The number of hydrogen-bond acceptors (Lipinski definition) is 3. The Morgan fingerprint density at radius 1 is 1.31 bits per heavy atom. The van der Waals surface area contributed by atoms with E-state index in [1.807, 2.05) is 0 Å². The van der Waals surface area contributed by atoms with Crippen LogP contribution in [0.3, 0.4) is 0 Å². The molecule has 0 amide bonds.